The first-order valence-corrected chi connectivity index (χ1v) is 9.17. The third-order valence-corrected chi connectivity index (χ3v) is 4.82. The second kappa shape index (κ2) is 8.73. The van der Waals surface area contributed by atoms with Crippen LogP contribution in [0.25, 0.3) is 6.08 Å². The molecule has 1 aliphatic heterocycles. The molecule has 0 radical (unpaired) electrons. The van der Waals surface area contributed by atoms with E-state index in [4.69, 9.17) is 18.9 Å². The molecule has 0 aliphatic carbocycles. The maximum absolute atomic E-state index is 13.4. The van der Waals surface area contributed by atoms with E-state index >= 15 is 0 Å². The molecule has 7 heteroatoms. The Balaban J connectivity index is 2.13. The van der Waals surface area contributed by atoms with Gasteiger partial charge in [-0.25, -0.2) is 4.79 Å². The van der Waals surface area contributed by atoms with Crippen LogP contribution in [0.3, 0.4) is 0 Å². The molecule has 0 fully saturated rings. The summed E-state index contributed by atoms with van der Waals surface area (Å²) in [7, 11) is 5.91. The zero-order valence-electron chi connectivity index (χ0n) is 17.5. The lowest BCUT2D eigenvalue weighted by molar-refractivity contribution is -0.136. The highest BCUT2D eigenvalue weighted by molar-refractivity contribution is 6.23. The monoisotopic (exact) mass is 409 g/mol. The third kappa shape index (κ3) is 3.74. The molecule has 1 aliphatic rings. The van der Waals surface area contributed by atoms with Crippen LogP contribution in [-0.2, 0) is 14.3 Å². The van der Waals surface area contributed by atoms with Crippen molar-refractivity contribution in [3.63, 3.8) is 0 Å². The second-order valence-electron chi connectivity index (χ2n) is 6.47. The van der Waals surface area contributed by atoms with E-state index in [1.165, 1.54) is 26.2 Å². The Morgan fingerprint density at radius 2 is 1.67 bits per heavy atom. The summed E-state index contributed by atoms with van der Waals surface area (Å²) in [6.45, 7) is 1.70. The number of carbonyl (C=O) groups is 2. The van der Waals surface area contributed by atoms with E-state index in [0.29, 0.717) is 28.6 Å². The molecule has 2 aromatic rings. The molecule has 0 unspecified atom stereocenters. The first kappa shape index (κ1) is 21.0. The minimum atomic E-state index is -0.585. The Kier molecular flexibility index (Phi) is 6.11. The van der Waals surface area contributed by atoms with Gasteiger partial charge in [-0.05, 0) is 42.8 Å². The number of rotatable bonds is 6. The summed E-state index contributed by atoms with van der Waals surface area (Å²) in [5.74, 6) is 0.725. The van der Waals surface area contributed by atoms with Gasteiger partial charge in [0.25, 0.3) is 5.91 Å². The van der Waals surface area contributed by atoms with E-state index in [9.17, 15) is 9.59 Å². The van der Waals surface area contributed by atoms with Crippen LogP contribution in [0, 0.1) is 0 Å². The molecule has 0 spiro atoms. The van der Waals surface area contributed by atoms with Crippen molar-refractivity contribution < 1.29 is 28.5 Å². The lowest BCUT2D eigenvalue weighted by atomic mass is 10.0. The van der Waals surface area contributed by atoms with Crippen LogP contribution in [0.1, 0.15) is 12.5 Å². The second-order valence-corrected chi connectivity index (χ2v) is 6.47. The van der Waals surface area contributed by atoms with Crippen molar-refractivity contribution in [1.82, 2.24) is 0 Å². The van der Waals surface area contributed by atoms with E-state index in [-0.39, 0.29) is 17.1 Å². The minimum Gasteiger partial charge on any atom is -0.497 e. The maximum atomic E-state index is 13.4. The van der Waals surface area contributed by atoms with Crippen LogP contribution < -0.4 is 19.1 Å². The number of allylic oxidation sites excluding steroid dienone is 1. The topological polar surface area (TPSA) is 74.3 Å². The maximum Gasteiger partial charge on any atom is 0.340 e. The van der Waals surface area contributed by atoms with Crippen molar-refractivity contribution in [2.45, 2.75) is 6.92 Å². The van der Waals surface area contributed by atoms with Gasteiger partial charge in [-0.15, -0.1) is 0 Å². The van der Waals surface area contributed by atoms with E-state index in [1.54, 1.807) is 50.4 Å². The first-order valence-electron chi connectivity index (χ1n) is 9.17. The molecule has 0 bridgehead atoms. The van der Waals surface area contributed by atoms with Crippen LogP contribution in [-0.4, -0.2) is 40.3 Å². The molecule has 0 saturated heterocycles. The number of amides is 1. The van der Waals surface area contributed by atoms with Crippen molar-refractivity contribution in [1.29, 1.82) is 0 Å². The summed E-state index contributed by atoms with van der Waals surface area (Å²) in [6, 6.07) is 12.3. The summed E-state index contributed by atoms with van der Waals surface area (Å²) >= 11 is 0. The summed E-state index contributed by atoms with van der Waals surface area (Å²) in [6.07, 6.45) is 1.65. The third-order valence-electron chi connectivity index (χ3n) is 4.82. The molecule has 156 valence electrons. The molecule has 0 aromatic heterocycles. The number of benzene rings is 2. The van der Waals surface area contributed by atoms with Gasteiger partial charge >= 0.3 is 5.97 Å². The summed E-state index contributed by atoms with van der Waals surface area (Å²) in [5, 5.41) is 0. The Morgan fingerprint density at radius 1 is 0.933 bits per heavy atom. The molecule has 2 aromatic carbocycles. The van der Waals surface area contributed by atoms with Gasteiger partial charge in [0.1, 0.15) is 5.75 Å². The normalized spacial score (nSPS) is 14.9. The molecule has 0 atom stereocenters. The molecule has 0 saturated carbocycles. The van der Waals surface area contributed by atoms with Gasteiger partial charge in [-0.3, -0.25) is 9.69 Å². The number of hydrogen-bond donors (Lipinski definition) is 0. The molecule has 1 heterocycles. The number of ether oxygens (including phenoxy) is 4. The SMILES string of the molecule is COC(=O)C1=C(C)N(c2ccc(OC)c(OC)c2)C(=O)/C1=C\c1cccc(OC)c1. The molecule has 3 rings (SSSR count). The smallest absolute Gasteiger partial charge is 0.340 e. The zero-order chi connectivity index (χ0) is 21.8. The minimum absolute atomic E-state index is 0.208. The van der Waals surface area contributed by atoms with Crippen molar-refractivity contribution in [2.24, 2.45) is 0 Å². The number of hydrogen-bond acceptors (Lipinski definition) is 6. The summed E-state index contributed by atoms with van der Waals surface area (Å²) in [4.78, 5) is 27.3. The predicted octanol–water partition coefficient (Wildman–Crippen LogP) is 3.59. The van der Waals surface area contributed by atoms with Crippen LogP contribution in [0.2, 0.25) is 0 Å². The average Bonchev–Trinajstić information content (AvgIpc) is 3.02. The van der Waals surface area contributed by atoms with E-state index in [0.717, 1.165) is 5.56 Å². The molecular weight excluding hydrogens is 386 g/mol. The summed E-state index contributed by atoms with van der Waals surface area (Å²) in [5.41, 5.74) is 2.18. The fraction of sp³-hybridized carbons (Fsp3) is 0.217. The average molecular weight is 409 g/mol. The quantitative estimate of drug-likeness (QED) is 0.536. The lowest BCUT2D eigenvalue weighted by Crippen LogP contribution is -2.24. The Morgan fingerprint density at radius 3 is 2.30 bits per heavy atom. The Bertz CT molecular complexity index is 1050. The van der Waals surface area contributed by atoms with E-state index in [1.807, 2.05) is 12.1 Å². The zero-order valence-corrected chi connectivity index (χ0v) is 17.5. The van der Waals surface area contributed by atoms with Crippen molar-refractivity contribution in [2.75, 3.05) is 33.3 Å². The number of nitrogens with zero attached hydrogens (tertiary/aromatic N) is 1. The van der Waals surface area contributed by atoms with Gasteiger partial charge < -0.3 is 18.9 Å². The van der Waals surface area contributed by atoms with E-state index in [2.05, 4.69) is 0 Å². The fourth-order valence-corrected chi connectivity index (χ4v) is 3.35. The number of anilines is 1. The Labute approximate surface area is 175 Å². The van der Waals surface area contributed by atoms with Gasteiger partial charge in [-0.2, -0.15) is 0 Å². The number of esters is 1. The lowest BCUT2D eigenvalue weighted by Gasteiger charge is -2.19. The highest BCUT2D eigenvalue weighted by Crippen LogP contribution is 2.39. The number of carbonyl (C=O) groups excluding carboxylic acids is 2. The van der Waals surface area contributed by atoms with Gasteiger partial charge in [-0.1, -0.05) is 12.1 Å². The number of methoxy groups -OCH3 is 4. The van der Waals surface area contributed by atoms with Gasteiger partial charge in [0.05, 0.1) is 45.3 Å². The highest BCUT2D eigenvalue weighted by atomic mass is 16.5. The fourth-order valence-electron chi connectivity index (χ4n) is 3.35. The van der Waals surface area contributed by atoms with Gasteiger partial charge in [0.2, 0.25) is 0 Å². The Hall–Kier alpha value is -3.74. The molecule has 7 nitrogen and oxygen atoms in total. The molecule has 30 heavy (non-hydrogen) atoms. The van der Waals surface area contributed by atoms with Crippen molar-refractivity contribution >= 4 is 23.6 Å². The standard InChI is InChI=1S/C23H23NO6/c1-14-21(23(26)30-5)18(12-15-7-6-8-17(11-15)27-2)22(25)24(14)16-9-10-19(28-3)20(13-16)29-4/h6-13H,1-5H3/b18-12-. The van der Waals surface area contributed by atoms with Gasteiger partial charge in [0.15, 0.2) is 11.5 Å². The van der Waals surface area contributed by atoms with Crippen molar-refractivity contribution in [3.8, 4) is 17.2 Å². The highest BCUT2D eigenvalue weighted by Gasteiger charge is 2.38. The van der Waals surface area contributed by atoms with Crippen LogP contribution in [0.4, 0.5) is 5.69 Å². The molecule has 0 N–H and O–H groups in total. The van der Waals surface area contributed by atoms with Crippen LogP contribution in [0.15, 0.2) is 59.3 Å². The van der Waals surface area contributed by atoms with Crippen LogP contribution >= 0.6 is 0 Å². The van der Waals surface area contributed by atoms with Crippen LogP contribution in [0.5, 0.6) is 17.2 Å². The predicted molar refractivity (Wildman–Crippen MR) is 113 cm³/mol. The largest absolute Gasteiger partial charge is 0.497 e. The van der Waals surface area contributed by atoms with E-state index < -0.39 is 5.97 Å². The molecular formula is C23H23NO6. The molecule has 1 amide bonds. The van der Waals surface area contributed by atoms with Crippen molar-refractivity contribution in [3.05, 3.63) is 64.9 Å². The van der Waals surface area contributed by atoms with Gasteiger partial charge in [0, 0.05) is 11.8 Å². The summed E-state index contributed by atoms with van der Waals surface area (Å²) < 4.78 is 20.8. The first-order chi connectivity index (χ1) is 14.4.